The summed E-state index contributed by atoms with van der Waals surface area (Å²) in [6, 6.07) is 1.05. The van der Waals surface area contributed by atoms with Crippen LogP contribution >= 0.6 is 0 Å². The molecule has 2 rings (SSSR count). The van der Waals surface area contributed by atoms with Gasteiger partial charge < -0.3 is 19.6 Å². The van der Waals surface area contributed by atoms with Gasteiger partial charge in [0, 0.05) is 18.7 Å². The summed E-state index contributed by atoms with van der Waals surface area (Å²) in [5.74, 6) is -0.504. The quantitative estimate of drug-likeness (QED) is 0.741. The lowest BCUT2D eigenvalue weighted by Crippen LogP contribution is -2.54. The zero-order chi connectivity index (χ0) is 18.1. The highest BCUT2D eigenvalue weighted by Gasteiger charge is 2.63. The third kappa shape index (κ3) is 3.01. The molecule has 2 heterocycles. The third-order valence-electron chi connectivity index (χ3n) is 4.35. The van der Waals surface area contributed by atoms with Crippen LogP contribution in [0.4, 0.5) is 4.39 Å². The van der Waals surface area contributed by atoms with Crippen LogP contribution in [0.2, 0.25) is 0 Å². The summed E-state index contributed by atoms with van der Waals surface area (Å²) in [4.78, 5) is 37.5. The number of nitrogens with zero attached hydrogens (tertiary/aromatic N) is 1. The van der Waals surface area contributed by atoms with Crippen molar-refractivity contribution in [2.24, 2.45) is 0 Å². The van der Waals surface area contributed by atoms with Gasteiger partial charge in [-0.2, -0.15) is 0 Å². The number of aromatic amines is 1. The minimum absolute atomic E-state index is 0.184. The number of aromatic nitrogens is 2. The predicted octanol–water partition coefficient (Wildman–Crippen LogP) is 0.256. The van der Waals surface area contributed by atoms with Crippen LogP contribution in [0, 0.1) is 0 Å². The number of aliphatic hydroxyl groups is 1. The molecule has 1 saturated heterocycles. The minimum atomic E-state index is -2.47. The summed E-state index contributed by atoms with van der Waals surface area (Å²) in [5, 5.41) is 10.5. The van der Waals surface area contributed by atoms with Crippen LogP contribution in [0.15, 0.2) is 21.9 Å². The van der Waals surface area contributed by atoms with Crippen LogP contribution in [0.25, 0.3) is 0 Å². The van der Waals surface area contributed by atoms with E-state index >= 15 is 4.39 Å². The number of halogens is 1. The van der Waals surface area contributed by atoms with Crippen LogP contribution in [-0.4, -0.2) is 44.6 Å². The van der Waals surface area contributed by atoms with Gasteiger partial charge in [0.05, 0.1) is 0 Å². The fraction of sp³-hybridized carbons (Fsp3) is 0.667. The van der Waals surface area contributed by atoms with Crippen LogP contribution in [0.5, 0.6) is 0 Å². The van der Waals surface area contributed by atoms with Gasteiger partial charge in [0.25, 0.3) is 5.56 Å². The Hall–Kier alpha value is -2.00. The number of carbonyl (C=O) groups is 1. The maximum Gasteiger partial charge on any atom is 0.330 e. The Labute approximate surface area is 137 Å². The van der Waals surface area contributed by atoms with E-state index in [0.29, 0.717) is 11.0 Å². The number of hydrogen-bond acceptors (Lipinski definition) is 6. The molecule has 9 heteroatoms. The number of alkyl halides is 1. The summed E-state index contributed by atoms with van der Waals surface area (Å²) < 4.78 is 26.1. The molecule has 24 heavy (non-hydrogen) atoms. The first-order chi connectivity index (χ1) is 11.1. The molecule has 0 spiro atoms. The Morgan fingerprint density at radius 2 is 2.17 bits per heavy atom. The summed E-state index contributed by atoms with van der Waals surface area (Å²) in [5.41, 5.74) is -6.18. The summed E-state index contributed by atoms with van der Waals surface area (Å²) in [6.07, 6.45) is -0.986. The Balaban J connectivity index is 2.31. The lowest BCUT2D eigenvalue weighted by molar-refractivity contribution is -0.153. The molecule has 0 amide bonds. The topological polar surface area (TPSA) is 111 Å². The molecule has 0 radical (unpaired) electrons. The normalized spacial score (nSPS) is 32.7. The van der Waals surface area contributed by atoms with Gasteiger partial charge in [-0.25, -0.2) is 13.8 Å². The highest BCUT2D eigenvalue weighted by molar-refractivity contribution is 5.69. The van der Waals surface area contributed by atoms with Gasteiger partial charge >= 0.3 is 11.7 Å². The number of rotatable bonds is 5. The molecule has 1 fully saturated rings. The van der Waals surface area contributed by atoms with Crippen molar-refractivity contribution < 1.29 is 23.8 Å². The number of nitrogens with one attached hydrogen (secondary N) is 1. The molecule has 0 saturated carbocycles. The summed E-state index contributed by atoms with van der Waals surface area (Å²) in [7, 11) is 0. The van der Waals surface area contributed by atoms with Gasteiger partial charge in [-0.1, -0.05) is 6.92 Å². The van der Waals surface area contributed by atoms with Gasteiger partial charge in [0.2, 0.25) is 0 Å². The van der Waals surface area contributed by atoms with Crippen LogP contribution < -0.4 is 11.2 Å². The van der Waals surface area contributed by atoms with E-state index in [1.807, 2.05) is 0 Å². The van der Waals surface area contributed by atoms with Crippen LogP contribution in [0.3, 0.4) is 0 Å². The van der Waals surface area contributed by atoms with E-state index in [2.05, 4.69) is 4.98 Å². The van der Waals surface area contributed by atoms with E-state index in [9.17, 15) is 19.5 Å². The molecule has 0 unspecified atom stereocenters. The van der Waals surface area contributed by atoms with E-state index in [0.717, 1.165) is 19.2 Å². The molecule has 0 aromatic carbocycles. The first kappa shape index (κ1) is 18.3. The SMILES string of the molecule is CCCC(=O)OC[C@H]1O[C@@H](n2c(=O)cc[nH]c2=O)[C@](C)(F)[C@@]1(C)O. The van der Waals surface area contributed by atoms with Crippen molar-refractivity contribution in [3.63, 3.8) is 0 Å². The number of H-pyrrole nitrogens is 1. The summed E-state index contributed by atoms with van der Waals surface area (Å²) >= 11 is 0. The van der Waals surface area contributed by atoms with Crippen molar-refractivity contribution in [1.29, 1.82) is 0 Å². The molecule has 8 nitrogen and oxygen atoms in total. The average Bonchev–Trinajstić information content (AvgIpc) is 2.65. The molecule has 0 aliphatic carbocycles. The average molecular weight is 344 g/mol. The lowest BCUT2D eigenvalue weighted by Gasteiger charge is -2.32. The predicted molar refractivity (Wildman–Crippen MR) is 81.2 cm³/mol. The van der Waals surface area contributed by atoms with Crippen molar-refractivity contribution in [1.82, 2.24) is 9.55 Å². The maximum absolute atomic E-state index is 15.2. The Morgan fingerprint density at radius 3 is 2.75 bits per heavy atom. The molecule has 2 N–H and O–H groups in total. The highest BCUT2D eigenvalue weighted by Crippen LogP contribution is 2.47. The Bertz CT molecular complexity index is 695. The zero-order valence-electron chi connectivity index (χ0n) is 13.7. The van der Waals surface area contributed by atoms with Crippen LogP contribution in [0.1, 0.15) is 39.8 Å². The number of ether oxygens (including phenoxy) is 2. The van der Waals surface area contributed by atoms with Gasteiger partial charge in [0.15, 0.2) is 11.9 Å². The Kier molecular flexibility index (Phi) is 4.95. The van der Waals surface area contributed by atoms with Crippen molar-refractivity contribution in [3.8, 4) is 0 Å². The smallest absolute Gasteiger partial charge is 0.330 e. The molecule has 4 atom stereocenters. The molecule has 0 bridgehead atoms. The number of hydrogen-bond donors (Lipinski definition) is 2. The van der Waals surface area contributed by atoms with Crippen molar-refractivity contribution in [2.45, 2.75) is 57.2 Å². The standard InChI is InChI=1S/C15H21FN2O6/c1-4-5-11(20)23-8-9-15(3,22)14(2,16)12(24-9)18-10(19)6-7-17-13(18)21/h6-7,9,12,22H,4-5,8H2,1-3H3,(H,17,21)/t9-,12-,14+,15+/m1/s1. The fourth-order valence-corrected chi connectivity index (χ4v) is 2.59. The molecule has 1 aromatic heterocycles. The molecule has 134 valence electrons. The maximum atomic E-state index is 15.2. The lowest BCUT2D eigenvalue weighted by atomic mass is 9.84. The van der Waals surface area contributed by atoms with E-state index in [4.69, 9.17) is 9.47 Å². The molecule has 1 aromatic rings. The van der Waals surface area contributed by atoms with Crippen LogP contribution in [-0.2, 0) is 14.3 Å². The molecular formula is C15H21FN2O6. The zero-order valence-corrected chi connectivity index (χ0v) is 13.7. The highest BCUT2D eigenvalue weighted by atomic mass is 19.1. The second-order valence-corrected chi connectivity index (χ2v) is 6.12. The van der Waals surface area contributed by atoms with E-state index in [1.165, 1.54) is 6.92 Å². The number of carbonyl (C=O) groups excluding carboxylic acids is 1. The second kappa shape index (κ2) is 6.48. The molecule has 1 aliphatic heterocycles. The van der Waals surface area contributed by atoms with Crippen molar-refractivity contribution in [2.75, 3.05) is 6.61 Å². The second-order valence-electron chi connectivity index (χ2n) is 6.12. The van der Waals surface area contributed by atoms with Gasteiger partial charge in [0.1, 0.15) is 18.3 Å². The third-order valence-corrected chi connectivity index (χ3v) is 4.35. The largest absolute Gasteiger partial charge is 0.463 e. The fourth-order valence-electron chi connectivity index (χ4n) is 2.59. The first-order valence-corrected chi connectivity index (χ1v) is 7.65. The van der Waals surface area contributed by atoms with E-state index < -0.39 is 40.8 Å². The van der Waals surface area contributed by atoms with Crippen molar-refractivity contribution >= 4 is 5.97 Å². The monoisotopic (exact) mass is 344 g/mol. The van der Waals surface area contributed by atoms with Gasteiger partial charge in [-0.3, -0.25) is 9.59 Å². The Morgan fingerprint density at radius 1 is 1.50 bits per heavy atom. The van der Waals surface area contributed by atoms with E-state index in [1.54, 1.807) is 6.92 Å². The molecule has 1 aliphatic rings. The summed E-state index contributed by atoms with van der Waals surface area (Å²) in [6.45, 7) is 3.62. The first-order valence-electron chi connectivity index (χ1n) is 7.65. The van der Waals surface area contributed by atoms with E-state index in [-0.39, 0.29) is 13.0 Å². The molecular weight excluding hydrogens is 323 g/mol. The van der Waals surface area contributed by atoms with Crippen molar-refractivity contribution in [3.05, 3.63) is 33.1 Å². The van der Waals surface area contributed by atoms with Gasteiger partial charge in [-0.15, -0.1) is 0 Å². The number of esters is 1. The van der Waals surface area contributed by atoms with Gasteiger partial charge in [-0.05, 0) is 20.3 Å². The minimum Gasteiger partial charge on any atom is -0.463 e.